The van der Waals surface area contributed by atoms with E-state index in [1.54, 1.807) is 0 Å². The van der Waals surface area contributed by atoms with E-state index in [0.29, 0.717) is 0 Å². The summed E-state index contributed by atoms with van der Waals surface area (Å²) in [6.45, 7) is 10.0. The predicted octanol–water partition coefficient (Wildman–Crippen LogP) is 7.72. The Morgan fingerprint density at radius 3 is 2.35 bits per heavy atom. The highest BCUT2D eigenvalue weighted by Gasteiger charge is 2.25. The van der Waals surface area contributed by atoms with E-state index in [-0.39, 0.29) is 11.7 Å². The number of Topliss-reactive ketones (excluding diaryl/α,β-unsaturated/α-hetero) is 1. The molecule has 162 valence electrons. The number of nitrogens with zero attached hydrogens (tertiary/aromatic N) is 1. The Bertz CT molecular complexity index is 1000. The zero-order chi connectivity index (χ0) is 22.8. The summed E-state index contributed by atoms with van der Waals surface area (Å²) in [6.07, 6.45) is 17.1. The third-order valence-electron chi connectivity index (χ3n) is 5.14. The molecule has 0 saturated carbocycles. The van der Waals surface area contributed by atoms with Crippen LogP contribution in [0.4, 0.5) is 5.69 Å². The first kappa shape index (κ1) is 24.5. The molecule has 1 N–H and O–H groups in total. The van der Waals surface area contributed by atoms with Crippen molar-refractivity contribution in [3.63, 3.8) is 0 Å². The maximum Gasteiger partial charge on any atom is 0.161 e. The van der Waals surface area contributed by atoms with Crippen molar-refractivity contribution < 1.29 is 4.79 Å². The van der Waals surface area contributed by atoms with E-state index in [0.717, 1.165) is 44.6 Å². The molecule has 0 aromatic heterocycles. The number of nitrogens with one attached hydrogen (secondary N) is 1. The number of ketones is 1. The monoisotopic (exact) mass is 478 g/mol. The zero-order valence-electron chi connectivity index (χ0n) is 18.9. The molecule has 0 fully saturated rings. The SMILES string of the molecule is CC1=C(/C=C(C)/C=C/C=C/C=C/C=C(C)/C(C)=N/Nc2ccc(Br)cc2)C[C@@H](C)C1=O. The van der Waals surface area contributed by atoms with Gasteiger partial charge >= 0.3 is 0 Å². The van der Waals surface area contributed by atoms with Gasteiger partial charge in [0.25, 0.3) is 0 Å². The van der Waals surface area contributed by atoms with E-state index in [1.165, 1.54) is 0 Å². The van der Waals surface area contributed by atoms with Crippen LogP contribution in [0.1, 0.15) is 41.0 Å². The number of hydrogen-bond acceptors (Lipinski definition) is 3. The molecule has 1 aromatic carbocycles. The molecule has 0 saturated heterocycles. The van der Waals surface area contributed by atoms with Gasteiger partial charge in [-0.25, -0.2) is 0 Å². The first-order valence-corrected chi connectivity index (χ1v) is 11.2. The fourth-order valence-electron chi connectivity index (χ4n) is 3.07. The number of halogens is 1. The molecule has 0 aliphatic heterocycles. The highest BCUT2D eigenvalue weighted by atomic mass is 79.9. The number of allylic oxidation sites excluding steroid dienone is 12. The number of benzene rings is 1. The molecule has 0 spiro atoms. The second-order valence-electron chi connectivity index (χ2n) is 7.80. The standard InChI is InChI=1S/C27H31BrN2O/c1-19(17-24-18-21(3)27(31)22(24)4)11-9-7-6-8-10-12-20(2)23(5)29-30-26-15-13-25(28)14-16-26/h6-17,21,30H,18H2,1-5H3/b7-6+,10-8+,11-9+,19-17+,20-12+,29-23+/t21-/m1/s1. The van der Waals surface area contributed by atoms with Crippen LogP contribution in [0.25, 0.3) is 0 Å². The van der Waals surface area contributed by atoms with Crippen LogP contribution in [0, 0.1) is 5.92 Å². The van der Waals surface area contributed by atoms with Crippen LogP contribution in [0.3, 0.4) is 0 Å². The molecule has 1 atom stereocenters. The number of anilines is 1. The van der Waals surface area contributed by atoms with Gasteiger partial charge in [0, 0.05) is 10.4 Å². The fraction of sp³-hybridized carbons (Fsp3) is 0.259. The molecule has 1 aliphatic carbocycles. The van der Waals surface area contributed by atoms with Crippen molar-refractivity contribution in [3.05, 3.63) is 99.6 Å². The molecule has 0 radical (unpaired) electrons. The van der Waals surface area contributed by atoms with Crippen molar-refractivity contribution in [2.45, 2.75) is 41.0 Å². The average molecular weight is 479 g/mol. The topological polar surface area (TPSA) is 41.5 Å². The van der Waals surface area contributed by atoms with Gasteiger partial charge in [-0.05, 0) is 75.1 Å². The Kier molecular flexibility index (Phi) is 9.67. The summed E-state index contributed by atoms with van der Waals surface area (Å²) in [7, 11) is 0. The smallest absolute Gasteiger partial charge is 0.161 e. The number of hydrogen-bond donors (Lipinski definition) is 1. The molecule has 1 aromatic rings. The normalized spacial score (nSPS) is 19.0. The van der Waals surface area contributed by atoms with Crippen LogP contribution in [-0.2, 0) is 4.79 Å². The van der Waals surface area contributed by atoms with Crippen molar-refractivity contribution in [1.29, 1.82) is 0 Å². The first-order valence-electron chi connectivity index (χ1n) is 10.4. The van der Waals surface area contributed by atoms with E-state index in [1.807, 2.05) is 88.4 Å². The quantitative estimate of drug-likeness (QED) is 0.236. The lowest BCUT2D eigenvalue weighted by molar-refractivity contribution is -0.117. The first-order chi connectivity index (χ1) is 14.8. The van der Waals surface area contributed by atoms with E-state index in [2.05, 4.69) is 45.5 Å². The van der Waals surface area contributed by atoms with Crippen LogP contribution >= 0.6 is 15.9 Å². The van der Waals surface area contributed by atoms with Gasteiger partial charge in [0.05, 0.1) is 11.4 Å². The molecule has 3 nitrogen and oxygen atoms in total. The largest absolute Gasteiger partial charge is 0.294 e. The van der Waals surface area contributed by atoms with Crippen LogP contribution in [0.2, 0.25) is 0 Å². The highest BCUT2D eigenvalue weighted by molar-refractivity contribution is 9.10. The summed E-state index contributed by atoms with van der Waals surface area (Å²) in [5, 5.41) is 4.42. The van der Waals surface area contributed by atoms with Crippen molar-refractivity contribution >= 4 is 33.1 Å². The molecule has 4 heteroatoms. The summed E-state index contributed by atoms with van der Waals surface area (Å²) in [5.74, 6) is 0.399. The molecule has 31 heavy (non-hydrogen) atoms. The number of carbonyl (C=O) groups is 1. The number of carbonyl (C=O) groups excluding carboxylic acids is 1. The Hall–Kier alpha value is -2.72. The minimum atomic E-state index is 0.120. The maximum atomic E-state index is 11.9. The molecular weight excluding hydrogens is 448 g/mol. The van der Waals surface area contributed by atoms with Crippen molar-refractivity contribution in [2.24, 2.45) is 11.0 Å². The number of hydrazone groups is 1. The zero-order valence-corrected chi connectivity index (χ0v) is 20.5. The van der Waals surface area contributed by atoms with E-state index < -0.39 is 0 Å². The van der Waals surface area contributed by atoms with Gasteiger partial charge in [0.15, 0.2) is 5.78 Å². The minimum Gasteiger partial charge on any atom is -0.294 e. The predicted molar refractivity (Wildman–Crippen MR) is 137 cm³/mol. The second kappa shape index (κ2) is 12.2. The lowest BCUT2D eigenvalue weighted by atomic mass is 10.1. The average Bonchev–Trinajstić information content (AvgIpc) is 2.98. The molecule has 1 aliphatic rings. The third kappa shape index (κ3) is 8.14. The molecule has 0 unspecified atom stereocenters. The van der Waals surface area contributed by atoms with Gasteiger partial charge in [0.1, 0.15) is 0 Å². The van der Waals surface area contributed by atoms with Gasteiger partial charge in [0.2, 0.25) is 0 Å². The van der Waals surface area contributed by atoms with E-state index in [9.17, 15) is 4.79 Å². The Labute approximate surface area is 194 Å². The lowest BCUT2D eigenvalue weighted by Gasteiger charge is -2.03. The van der Waals surface area contributed by atoms with Crippen molar-refractivity contribution in [2.75, 3.05) is 5.43 Å². The van der Waals surface area contributed by atoms with Crippen LogP contribution in [-0.4, -0.2) is 11.5 Å². The highest BCUT2D eigenvalue weighted by Crippen LogP contribution is 2.29. The van der Waals surface area contributed by atoms with Crippen LogP contribution < -0.4 is 5.43 Å². The van der Waals surface area contributed by atoms with Gasteiger partial charge < -0.3 is 0 Å². The van der Waals surface area contributed by atoms with Gasteiger partial charge in [-0.1, -0.05) is 77.0 Å². The van der Waals surface area contributed by atoms with Crippen LogP contribution in [0.5, 0.6) is 0 Å². The second-order valence-corrected chi connectivity index (χ2v) is 8.72. The molecule has 2 rings (SSSR count). The number of rotatable bonds is 8. The van der Waals surface area contributed by atoms with Crippen LogP contribution in [0.15, 0.2) is 105 Å². The minimum absolute atomic E-state index is 0.120. The van der Waals surface area contributed by atoms with Crippen molar-refractivity contribution in [1.82, 2.24) is 0 Å². The van der Waals surface area contributed by atoms with Gasteiger partial charge in [-0.2, -0.15) is 5.10 Å². The Balaban J connectivity index is 1.84. The molecule has 0 amide bonds. The lowest BCUT2D eigenvalue weighted by Crippen LogP contribution is -2.03. The maximum absolute atomic E-state index is 11.9. The van der Waals surface area contributed by atoms with E-state index in [4.69, 9.17) is 0 Å². The summed E-state index contributed by atoms with van der Waals surface area (Å²) in [4.78, 5) is 11.9. The van der Waals surface area contributed by atoms with Gasteiger partial charge in [-0.15, -0.1) is 0 Å². The van der Waals surface area contributed by atoms with Crippen molar-refractivity contribution in [3.8, 4) is 0 Å². The summed E-state index contributed by atoms with van der Waals surface area (Å²) < 4.78 is 1.04. The Morgan fingerprint density at radius 1 is 1.06 bits per heavy atom. The Morgan fingerprint density at radius 2 is 1.71 bits per heavy atom. The van der Waals surface area contributed by atoms with Gasteiger partial charge in [-0.3, -0.25) is 10.2 Å². The third-order valence-corrected chi connectivity index (χ3v) is 5.67. The molecular formula is C27H31BrN2O. The molecule has 0 bridgehead atoms. The van der Waals surface area contributed by atoms with E-state index >= 15 is 0 Å². The summed E-state index contributed by atoms with van der Waals surface area (Å²) in [5.41, 5.74) is 9.25. The summed E-state index contributed by atoms with van der Waals surface area (Å²) in [6, 6.07) is 7.90. The molecule has 0 heterocycles. The summed E-state index contributed by atoms with van der Waals surface area (Å²) >= 11 is 3.42. The fourth-order valence-corrected chi connectivity index (χ4v) is 3.34.